The van der Waals surface area contributed by atoms with Crippen LogP contribution in [0.3, 0.4) is 0 Å². The molecule has 0 amide bonds. The summed E-state index contributed by atoms with van der Waals surface area (Å²) < 4.78 is 34.0. The summed E-state index contributed by atoms with van der Waals surface area (Å²) in [5, 5.41) is 15.2. The molecule has 0 aliphatic carbocycles. The summed E-state index contributed by atoms with van der Waals surface area (Å²) in [6.07, 6.45) is 0.800. The van der Waals surface area contributed by atoms with Gasteiger partial charge >= 0.3 is 10.3 Å². The van der Waals surface area contributed by atoms with Gasteiger partial charge in [0.05, 0.1) is 19.5 Å². The van der Waals surface area contributed by atoms with E-state index in [1.54, 1.807) is 4.57 Å². The molecule has 0 saturated carbocycles. The second-order valence-electron chi connectivity index (χ2n) is 6.17. The summed E-state index contributed by atoms with van der Waals surface area (Å²) in [6.45, 7) is -0.403. The molecule has 0 bridgehead atoms. The zero-order valence-corrected chi connectivity index (χ0v) is 18.2. The fraction of sp³-hybridized carbons (Fsp3) is 0.278. The minimum atomic E-state index is -4.15. The Morgan fingerprint density at radius 3 is 2.80 bits per heavy atom. The molecule has 12 heteroatoms. The molecule has 3 aromatic rings. The predicted molar refractivity (Wildman–Crippen MR) is 111 cm³/mol. The maximum Gasteiger partial charge on any atom is 0.333 e. The van der Waals surface area contributed by atoms with Gasteiger partial charge in [0.2, 0.25) is 0 Å². The third-order valence-electron chi connectivity index (χ3n) is 4.06. The molecule has 2 aromatic heterocycles. The number of imidazole rings is 1. The first kappa shape index (κ1) is 22.3. The minimum Gasteiger partial charge on any atom is -0.388 e. The highest BCUT2D eigenvalue weighted by Crippen LogP contribution is 2.15. The number of nitrogens with zero attached hydrogens (tertiary/aromatic N) is 4. The number of rotatable bonds is 7. The van der Waals surface area contributed by atoms with Crippen LogP contribution >= 0.6 is 15.9 Å². The van der Waals surface area contributed by atoms with Gasteiger partial charge in [-0.2, -0.15) is 8.42 Å². The highest BCUT2D eigenvalue weighted by Gasteiger charge is 2.23. The van der Waals surface area contributed by atoms with Gasteiger partial charge in [-0.05, 0) is 24.1 Å². The van der Waals surface area contributed by atoms with Gasteiger partial charge in [0, 0.05) is 17.1 Å². The van der Waals surface area contributed by atoms with E-state index in [0.717, 1.165) is 10.0 Å². The van der Waals surface area contributed by atoms with Gasteiger partial charge in [0.15, 0.2) is 5.65 Å². The molecule has 0 unspecified atom stereocenters. The van der Waals surface area contributed by atoms with Crippen molar-refractivity contribution in [1.29, 1.82) is 0 Å². The van der Waals surface area contributed by atoms with Crippen LogP contribution in [0.4, 0.5) is 0 Å². The summed E-state index contributed by atoms with van der Waals surface area (Å²) >= 11 is 3.40. The number of aliphatic hydroxyl groups excluding tert-OH is 1. The molecule has 2 heterocycles. The molecule has 3 rings (SSSR count). The first-order chi connectivity index (χ1) is 14.3. The van der Waals surface area contributed by atoms with E-state index in [4.69, 9.17) is 9.88 Å². The molecule has 2 atom stereocenters. The molecule has 0 fully saturated rings. The van der Waals surface area contributed by atoms with Crippen LogP contribution in [-0.2, 0) is 25.8 Å². The van der Waals surface area contributed by atoms with Crippen molar-refractivity contribution < 1.29 is 22.4 Å². The van der Waals surface area contributed by atoms with Crippen LogP contribution in [0.1, 0.15) is 11.3 Å². The molecule has 0 aliphatic heterocycles. The lowest BCUT2D eigenvalue weighted by Gasteiger charge is -2.21. The number of benzene rings is 1. The van der Waals surface area contributed by atoms with Crippen LogP contribution in [0.25, 0.3) is 11.2 Å². The fourth-order valence-electron chi connectivity index (χ4n) is 2.62. The van der Waals surface area contributed by atoms with Crippen molar-refractivity contribution in [3.63, 3.8) is 0 Å². The Balaban J connectivity index is 1.81. The molecule has 30 heavy (non-hydrogen) atoms. The Bertz CT molecular complexity index is 1200. The fourth-order valence-corrected chi connectivity index (χ4v) is 3.34. The zero-order chi connectivity index (χ0) is 21.7. The molecule has 0 saturated heterocycles. The summed E-state index contributed by atoms with van der Waals surface area (Å²) in [5.74, 6) is 6.01. The van der Waals surface area contributed by atoms with E-state index in [2.05, 4.69) is 46.9 Å². The van der Waals surface area contributed by atoms with Gasteiger partial charge < -0.3 is 14.4 Å². The average Bonchev–Trinajstić information content (AvgIpc) is 3.09. The SMILES string of the molecule is CO[C@H](COS(N)(=O)=O)[C@@H](O)Cn1cnc2c(C#Cc3cccc(Br)c3)ncnc21. The molecular weight excluding hydrogens is 478 g/mol. The number of fused-ring (bicyclic) bond motifs is 1. The number of ether oxygens (including phenoxy) is 1. The minimum absolute atomic E-state index is 0.0263. The van der Waals surface area contributed by atoms with Crippen LogP contribution < -0.4 is 5.14 Å². The largest absolute Gasteiger partial charge is 0.388 e. The quantitative estimate of drug-likeness (QED) is 0.453. The molecule has 0 spiro atoms. The Labute approximate surface area is 181 Å². The molecule has 0 aliphatic rings. The van der Waals surface area contributed by atoms with E-state index in [-0.39, 0.29) is 6.54 Å². The molecule has 10 nitrogen and oxygen atoms in total. The Morgan fingerprint density at radius 1 is 1.30 bits per heavy atom. The van der Waals surface area contributed by atoms with Gasteiger partial charge in [-0.3, -0.25) is 4.18 Å². The number of hydrogen-bond donors (Lipinski definition) is 2. The monoisotopic (exact) mass is 495 g/mol. The maximum atomic E-state index is 11.0. The zero-order valence-electron chi connectivity index (χ0n) is 15.8. The summed E-state index contributed by atoms with van der Waals surface area (Å²) in [4.78, 5) is 12.7. The van der Waals surface area contributed by atoms with E-state index in [9.17, 15) is 13.5 Å². The lowest BCUT2D eigenvalue weighted by Crippen LogP contribution is -2.37. The van der Waals surface area contributed by atoms with Crippen molar-refractivity contribution in [2.45, 2.75) is 18.8 Å². The standard InChI is InChI=1S/C18H18BrN5O5S/c1-28-16(9-29-30(20,26)27)15(25)8-24-11-23-17-14(21-10-22-18(17)24)6-5-12-3-2-4-13(19)7-12/h2-4,7,10-11,15-16,25H,8-9H2,1H3,(H2,20,26,27)/t15-,16+/m0/s1. The smallest absolute Gasteiger partial charge is 0.333 e. The second-order valence-corrected chi connectivity index (χ2v) is 8.31. The van der Waals surface area contributed by atoms with Gasteiger partial charge in [0.25, 0.3) is 0 Å². The van der Waals surface area contributed by atoms with Crippen LogP contribution in [0.15, 0.2) is 41.4 Å². The molecule has 158 valence electrons. The van der Waals surface area contributed by atoms with Crippen LogP contribution in [0.5, 0.6) is 0 Å². The number of halogens is 1. The van der Waals surface area contributed by atoms with Crippen molar-refractivity contribution in [3.05, 3.63) is 52.7 Å². The lowest BCUT2D eigenvalue weighted by atomic mass is 10.2. The Kier molecular flexibility index (Phi) is 7.14. The highest BCUT2D eigenvalue weighted by molar-refractivity contribution is 9.10. The highest BCUT2D eigenvalue weighted by atomic mass is 79.9. The van der Waals surface area contributed by atoms with Gasteiger partial charge in [-0.25, -0.2) is 20.1 Å². The molecule has 1 aromatic carbocycles. The number of methoxy groups -OCH3 is 1. The van der Waals surface area contributed by atoms with E-state index >= 15 is 0 Å². The van der Waals surface area contributed by atoms with Crippen molar-refractivity contribution in [2.75, 3.05) is 13.7 Å². The van der Waals surface area contributed by atoms with Crippen molar-refractivity contribution in [3.8, 4) is 11.8 Å². The molecular formula is C18H18BrN5O5S. The molecule has 0 radical (unpaired) electrons. The summed E-state index contributed by atoms with van der Waals surface area (Å²) in [5.41, 5.74) is 2.18. The maximum absolute atomic E-state index is 11.0. The van der Waals surface area contributed by atoms with Gasteiger partial charge in [-0.1, -0.05) is 27.9 Å². The second kappa shape index (κ2) is 9.61. The third kappa shape index (κ3) is 5.82. The Hall–Kier alpha value is -2.40. The van der Waals surface area contributed by atoms with Crippen LogP contribution in [0.2, 0.25) is 0 Å². The number of aliphatic hydroxyl groups is 1. The van der Waals surface area contributed by atoms with Crippen molar-refractivity contribution in [1.82, 2.24) is 19.5 Å². The summed E-state index contributed by atoms with van der Waals surface area (Å²) in [7, 11) is -2.82. The summed E-state index contributed by atoms with van der Waals surface area (Å²) in [6, 6.07) is 7.54. The van der Waals surface area contributed by atoms with Crippen molar-refractivity contribution >= 4 is 37.4 Å². The van der Waals surface area contributed by atoms with Crippen molar-refractivity contribution in [2.24, 2.45) is 5.14 Å². The number of aromatic nitrogens is 4. The van der Waals surface area contributed by atoms with E-state index < -0.39 is 29.1 Å². The predicted octanol–water partition coefficient (Wildman–Crippen LogP) is 0.585. The third-order valence-corrected chi connectivity index (χ3v) is 5.02. The number of nitrogens with two attached hydrogens (primary N) is 1. The van der Waals surface area contributed by atoms with E-state index in [1.165, 1.54) is 19.8 Å². The number of hydrogen-bond acceptors (Lipinski definition) is 8. The Morgan fingerprint density at radius 2 is 2.10 bits per heavy atom. The van der Waals surface area contributed by atoms with Gasteiger partial charge in [-0.15, -0.1) is 0 Å². The van der Waals surface area contributed by atoms with Crippen LogP contribution in [-0.4, -0.2) is 59.0 Å². The first-order valence-electron chi connectivity index (χ1n) is 8.58. The normalized spacial score (nSPS) is 13.6. The van der Waals surface area contributed by atoms with Crippen LogP contribution in [0, 0.1) is 11.8 Å². The van der Waals surface area contributed by atoms with E-state index in [0.29, 0.717) is 16.9 Å². The van der Waals surface area contributed by atoms with E-state index in [1.807, 2.05) is 24.3 Å². The average molecular weight is 496 g/mol. The molecule has 3 N–H and O–H groups in total. The first-order valence-corrected chi connectivity index (χ1v) is 10.8. The lowest BCUT2D eigenvalue weighted by molar-refractivity contribution is -0.0403. The van der Waals surface area contributed by atoms with Gasteiger partial charge in [0.1, 0.15) is 29.7 Å². The topological polar surface area (TPSA) is 142 Å².